The van der Waals surface area contributed by atoms with E-state index in [4.69, 9.17) is 21.1 Å². The van der Waals surface area contributed by atoms with Gasteiger partial charge in [-0.3, -0.25) is 14.2 Å². The number of halogens is 1. The van der Waals surface area contributed by atoms with E-state index in [0.717, 1.165) is 11.3 Å². The summed E-state index contributed by atoms with van der Waals surface area (Å²) >= 11 is 6.91. The van der Waals surface area contributed by atoms with Crippen molar-refractivity contribution >= 4 is 50.7 Å². The van der Waals surface area contributed by atoms with Crippen LogP contribution in [0.1, 0.15) is 15.2 Å². The summed E-state index contributed by atoms with van der Waals surface area (Å²) in [6, 6.07) is 6.63. The van der Waals surface area contributed by atoms with Crippen molar-refractivity contribution in [2.75, 3.05) is 25.6 Å². The first-order chi connectivity index (χ1) is 13.9. The van der Waals surface area contributed by atoms with E-state index in [9.17, 15) is 14.4 Å². The molecule has 0 radical (unpaired) electrons. The Labute approximate surface area is 175 Å². The number of carbonyl (C=O) groups excluding carboxylic acids is 2. The molecule has 152 valence electrons. The molecule has 29 heavy (non-hydrogen) atoms. The Morgan fingerprint density at radius 1 is 1.24 bits per heavy atom. The van der Waals surface area contributed by atoms with Gasteiger partial charge in [-0.15, -0.1) is 11.3 Å². The molecule has 3 aromatic rings. The summed E-state index contributed by atoms with van der Waals surface area (Å²) in [5.74, 6) is -0.920. The van der Waals surface area contributed by atoms with Crippen molar-refractivity contribution in [2.45, 2.75) is 13.5 Å². The molecule has 8 nitrogen and oxygen atoms in total. The molecule has 2 heterocycles. The largest absolute Gasteiger partial charge is 0.459 e. The number of ether oxygens (including phenoxy) is 2. The highest BCUT2D eigenvalue weighted by molar-refractivity contribution is 7.20. The lowest BCUT2D eigenvalue weighted by molar-refractivity contribution is -0.116. The van der Waals surface area contributed by atoms with Crippen molar-refractivity contribution in [3.8, 4) is 0 Å². The first-order valence-corrected chi connectivity index (χ1v) is 9.80. The molecule has 0 atom stereocenters. The number of benzene rings is 1. The Hall–Kier alpha value is -2.75. The molecule has 3 rings (SSSR count). The number of aromatic nitrogens is 2. The zero-order chi connectivity index (χ0) is 21.0. The van der Waals surface area contributed by atoms with Crippen molar-refractivity contribution in [1.82, 2.24) is 9.55 Å². The van der Waals surface area contributed by atoms with Crippen LogP contribution < -0.4 is 10.9 Å². The third kappa shape index (κ3) is 4.81. The first kappa shape index (κ1) is 21.0. The molecule has 0 saturated carbocycles. The summed E-state index contributed by atoms with van der Waals surface area (Å²) < 4.78 is 11.2. The average Bonchev–Trinajstić information content (AvgIpc) is 3.03. The van der Waals surface area contributed by atoms with Crippen LogP contribution in [-0.2, 0) is 20.8 Å². The molecule has 1 aromatic carbocycles. The highest BCUT2D eigenvalue weighted by Gasteiger charge is 2.21. The van der Waals surface area contributed by atoms with E-state index < -0.39 is 11.5 Å². The standard InChI is InChI=1S/C19H18ClN3O5S/c1-11-15-17(29-16(11)19(26)28-8-7-27-2)21-10-23(18(15)25)9-14(24)22-13-5-3-12(20)4-6-13/h3-6,10H,7-9H2,1-2H3,(H,22,24). The zero-order valence-electron chi connectivity index (χ0n) is 15.7. The number of thiophene rings is 1. The lowest BCUT2D eigenvalue weighted by Crippen LogP contribution is -2.27. The monoisotopic (exact) mass is 435 g/mol. The molecule has 0 aliphatic carbocycles. The van der Waals surface area contributed by atoms with Crippen LogP contribution in [-0.4, -0.2) is 41.8 Å². The molecule has 0 spiro atoms. The summed E-state index contributed by atoms with van der Waals surface area (Å²) in [6.45, 7) is 1.84. The van der Waals surface area contributed by atoms with Gasteiger partial charge in [-0.25, -0.2) is 9.78 Å². The topological polar surface area (TPSA) is 99.5 Å². The van der Waals surface area contributed by atoms with Crippen molar-refractivity contribution < 1.29 is 19.1 Å². The predicted molar refractivity (Wildman–Crippen MR) is 111 cm³/mol. The van der Waals surface area contributed by atoms with Gasteiger partial charge in [0.2, 0.25) is 5.91 Å². The number of anilines is 1. The number of amides is 1. The lowest BCUT2D eigenvalue weighted by atomic mass is 10.2. The van der Waals surface area contributed by atoms with Crippen LogP contribution in [0.5, 0.6) is 0 Å². The summed E-state index contributed by atoms with van der Waals surface area (Å²) in [7, 11) is 1.51. The number of hydrogen-bond acceptors (Lipinski definition) is 7. The minimum absolute atomic E-state index is 0.117. The molecule has 0 aliphatic rings. The number of fused-ring (bicyclic) bond motifs is 1. The smallest absolute Gasteiger partial charge is 0.348 e. The number of aryl methyl sites for hydroxylation is 1. The number of hydrogen-bond donors (Lipinski definition) is 1. The molecule has 1 N–H and O–H groups in total. The summed E-state index contributed by atoms with van der Waals surface area (Å²) in [5, 5.41) is 3.55. The van der Waals surface area contributed by atoms with Gasteiger partial charge in [0, 0.05) is 17.8 Å². The van der Waals surface area contributed by atoms with Crippen LogP contribution in [0, 0.1) is 6.92 Å². The van der Waals surface area contributed by atoms with Crippen LogP contribution in [0.25, 0.3) is 10.2 Å². The van der Waals surface area contributed by atoms with Gasteiger partial charge in [-0.1, -0.05) is 11.6 Å². The fourth-order valence-corrected chi connectivity index (χ4v) is 3.80. The van der Waals surface area contributed by atoms with Gasteiger partial charge in [0.15, 0.2) is 0 Å². The number of esters is 1. The molecular formula is C19H18ClN3O5S. The Morgan fingerprint density at radius 2 is 1.97 bits per heavy atom. The third-order valence-corrected chi connectivity index (χ3v) is 5.50. The molecule has 0 bridgehead atoms. The fourth-order valence-electron chi connectivity index (χ4n) is 2.64. The van der Waals surface area contributed by atoms with Crippen molar-refractivity contribution in [2.24, 2.45) is 0 Å². The third-order valence-electron chi connectivity index (χ3n) is 4.07. The van der Waals surface area contributed by atoms with E-state index in [1.54, 1.807) is 31.2 Å². The highest BCUT2D eigenvalue weighted by atomic mass is 35.5. The maximum atomic E-state index is 12.8. The van der Waals surface area contributed by atoms with Crippen LogP contribution >= 0.6 is 22.9 Å². The summed E-state index contributed by atoms with van der Waals surface area (Å²) in [5.41, 5.74) is 0.651. The average molecular weight is 436 g/mol. The zero-order valence-corrected chi connectivity index (χ0v) is 17.3. The number of rotatable bonds is 7. The van der Waals surface area contributed by atoms with Crippen LogP contribution in [0.4, 0.5) is 5.69 Å². The lowest BCUT2D eigenvalue weighted by Gasteiger charge is -2.07. The normalized spacial score (nSPS) is 10.9. The molecule has 0 unspecified atom stereocenters. The second-order valence-corrected chi connectivity index (χ2v) is 7.53. The van der Waals surface area contributed by atoms with Crippen LogP contribution in [0.2, 0.25) is 5.02 Å². The van der Waals surface area contributed by atoms with E-state index in [1.807, 2.05) is 0 Å². The minimum Gasteiger partial charge on any atom is -0.459 e. The maximum absolute atomic E-state index is 12.8. The van der Waals surface area contributed by atoms with Gasteiger partial charge in [0.25, 0.3) is 5.56 Å². The predicted octanol–water partition coefficient (Wildman–Crippen LogP) is 2.86. The maximum Gasteiger partial charge on any atom is 0.348 e. The van der Waals surface area contributed by atoms with Gasteiger partial charge in [0.05, 0.1) is 18.3 Å². The molecule has 1 amide bonds. The Balaban J connectivity index is 1.81. The van der Waals surface area contributed by atoms with E-state index in [-0.39, 0.29) is 25.7 Å². The first-order valence-electron chi connectivity index (χ1n) is 8.60. The Morgan fingerprint density at radius 3 is 2.66 bits per heavy atom. The van der Waals surface area contributed by atoms with Gasteiger partial charge in [0.1, 0.15) is 22.9 Å². The van der Waals surface area contributed by atoms with E-state index in [1.165, 1.54) is 18.0 Å². The molecule has 2 aromatic heterocycles. The number of nitrogens with zero attached hydrogens (tertiary/aromatic N) is 2. The second-order valence-electron chi connectivity index (χ2n) is 6.10. The summed E-state index contributed by atoms with van der Waals surface area (Å²) in [4.78, 5) is 42.3. The SMILES string of the molecule is COCCOC(=O)c1sc2ncn(CC(=O)Nc3ccc(Cl)cc3)c(=O)c2c1C. The van der Waals surface area contributed by atoms with Gasteiger partial charge < -0.3 is 14.8 Å². The van der Waals surface area contributed by atoms with Gasteiger partial charge >= 0.3 is 5.97 Å². The van der Waals surface area contributed by atoms with Crippen LogP contribution in [0.15, 0.2) is 35.4 Å². The quantitative estimate of drug-likeness (QED) is 0.452. The van der Waals surface area contributed by atoms with E-state index in [2.05, 4.69) is 10.3 Å². The van der Waals surface area contributed by atoms with Gasteiger partial charge in [-0.05, 0) is 36.8 Å². The highest BCUT2D eigenvalue weighted by Crippen LogP contribution is 2.27. The van der Waals surface area contributed by atoms with E-state index >= 15 is 0 Å². The molecule has 0 aliphatic heterocycles. The molecular weight excluding hydrogens is 418 g/mol. The number of carbonyl (C=O) groups is 2. The number of nitrogens with one attached hydrogen (secondary N) is 1. The molecule has 10 heteroatoms. The number of methoxy groups -OCH3 is 1. The van der Waals surface area contributed by atoms with Crippen molar-refractivity contribution in [1.29, 1.82) is 0 Å². The van der Waals surface area contributed by atoms with Crippen molar-refractivity contribution in [3.05, 3.63) is 56.4 Å². The Bertz CT molecular complexity index is 1110. The molecule has 0 saturated heterocycles. The van der Waals surface area contributed by atoms with Crippen molar-refractivity contribution in [3.63, 3.8) is 0 Å². The second kappa shape index (κ2) is 9.17. The fraction of sp³-hybridized carbons (Fsp3) is 0.263. The Kier molecular flexibility index (Phi) is 6.63. The molecule has 0 fully saturated rings. The van der Waals surface area contributed by atoms with E-state index in [0.29, 0.717) is 31.4 Å². The summed E-state index contributed by atoms with van der Waals surface area (Å²) in [6.07, 6.45) is 1.29. The van der Waals surface area contributed by atoms with Gasteiger partial charge in [-0.2, -0.15) is 0 Å². The minimum atomic E-state index is -0.533. The van der Waals surface area contributed by atoms with Crippen LogP contribution in [0.3, 0.4) is 0 Å².